The monoisotopic (exact) mass is 458 g/mol. The Balaban J connectivity index is 1.58. The molecule has 0 unspecified atom stereocenters. The number of ether oxygens (including phenoxy) is 1. The predicted octanol–water partition coefficient (Wildman–Crippen LogP) is 4.47. The Morgan fingerprint density at radius 2 is 1.93 bits per heavy atom. The van der Waals surface area contributed by atoms with Crippen molar-refractivity contribution in [3.63, 3.8) is 0 Å². The summed E-state index contributed by atoms with van der Waals surface area (Å²) >= 11 is 8.59. The van der Waals surface area contributed by atoms with E-state index in [1.165, 1.54) is 5.56 Å². The molecule has 144 valence electrons. The average molecular weight is 459 g/mol. The molecule has 0 spiro atoms. The second kappa shape index (κ2) is 10.1. The van der Waals surface area contributed by atoms with E-state index in [2.05, 4.69) is 26.6 Å². The van der Waals surface area contributed by atoms with Crippen LogP contribution >= 0.6 is 28.1 Å². The van der Waals surface area contributed by atoms with E-state index in [0.717, 1.165) is 16.7 Å². The van der Waals surface area contributed by atoms with Crippen LogP contribution in [0.3, 0.4) is 0 Å². The number of halogens is 1. The minimum Gasteiger partial charge on any atom is -0.492 e. The van der Waals surface area contributed by atoms with E-state index in [4.69, 9.17) is 21.4 Å². The lowest BCUT2D eigenvalue weighted by atomic mass is 10.1. The van der Waals surface area contributed by atoms with Gasteiger partial charge in [-0.25, -0.2) is 0 Å². The van der Waals surface area contributed by atoms with Crippen LogP contribution in [0, 0.1) is 0 Å². The number of furan rings is 1. The first-order valence-electron chi connectivity index (χ1n) is 8.69. The lowest BCUT2D eigenvalue weighted by Crippen LogP contribution is -2.39. The first-order valence-corrected chi connectivity index (χ1v) is 9.90. The SMILES string of the molecule is O=C(NC(=S)NCc1ccco1)c1cc(Br)ccc1OCCc1ccccc1. The van der Waals surface area contributed by atoms with Gasteiger partial charge in [-0.15, -0.1) is 0 Å². The second-order valence-corrected chi connectivity index (χ2v) is 7.26. The molecule has 0 aliphatic rings. The number of thiocarbonyl (C=S) groups is 1. The van der Waals surface area contributed by atoms with E-state index < -0.39 is 0 Å². The Hall–Kier alpha value is -2.64. The van der Waals surface area contributed by atoms with E-state index >= 15 is 0 Å². The Morgan fingerprint density at radius 1 is 1.11 bits per heavy atom. The maximum atomic E-state index is 12.7. The Labute approximate surface area is 177 Å². The highest BCUT2D eigenvalue weighted by atomic mass is 79.9. The second-order valence-electron chi connectivity index (χ2n) is 5.94. The Bertz CT molecular complexity index is 930. The van der Waals surface area contributed by atoms with Crippen molar-refractivity contribution in [2.45, 2.75) is 13.0 Å². The standard InChI is InChI=1S/C21H19BrN2O3S/c22-16-8-9-19(27-12-10-15-5-2-1-3-6-15)18(13-16)20(25)24-21(28)23-14-17-7-4-11-26-17/h1-9,11,13H,10,12,14H2,(H2,23,24,25,28). The fraction of sp³-hybridized carbons (Fsp3) is 0.143. The third kappa shape index (κ3) is 5.94. The van der Waals surface area contributed by atoms with Crippen molar-refractivity contribution in [2.24, 2.45) is 0 Å². The van der Waals surface area contributed by atoms with Gasteiger partial charge in [-0.3, -0.25) is 10.1 Å². The van der Waals surface area contributed by atoms with E-state index in [9.17, 15) is 4.79 Å². The van der Waals surface area contributed by atoms with E-state index in [0.29, 0.717) is 24.5 Å². The number of amides is 1. The van der Waals surface area contributed by atoms with Gasteiger partial charge in [0.25, 0.3) is 5.91 Å². The van der Waals surface area contributed by atoms with Crippen LogP contribution in [0.5, 0.6) is 5.75 Å². The van der Waals surface area contributed by atoms with Crippen LogP contribution in [0.15, 0.2) is 75.8 Å². The summed E-state index contributed by atoms with van der Waals surface area (Å²) in [6.07, 6.45) is 2.33. The van der Waals surface area contributed by atoms with Gasteiger partial charge in [0.15, 0.2) is 5.11 Å². The van der Waals surface area contributed by atoms with Crippen molar-refractivity contribution in [3.05, 3.63) is 88.3 Å². The third-order valence-corrected chi connectivity index (χ3v) is 4.65. The number of carbonyl (C=O) groups excluding carboxylic acids is 1. The highest BCUT2D eigenvalue weighted by Gasteiger charge is 2.15. The van der Waals surface area contributed by atoms with Crippen LogP contribution in [-0.4, -0.2) is 17.6 Å². The summed E-state index contributed by atoms with van der Waals surface area (Å²) < 4.78 is 11.9. The molecule has 0 saturated carbocycles. The maximum Gasteiger partial charge on any atom is 0.261 e. The molecule has 1 aromatic heterocycles. The fourth-order valence-electron chi connectivity index (χ4n) is 2.52. The molecular weight excluding hydrogens is 440 g/mol. The highest BCUT2D eigenvalue weighted by molar-refractivity contribution is 9.10. The molecule has 2 N–H and O–H groups in total. The van der Waals surface area contributed by atoms with Gasteiger partial charge in [0, 0.05) is 10.9 Å². The van der Waals surface area contributed by atoms with E-state index in [1.54, 1.807) is 24.5 Å². The molecule has 0 radical (unpaired) electrons. The van der Waals surface area contributed by atoms with Gasteiger partial charge in [0.1, 0.15) is 11.5 Å². The summed E-state index contributed by atoms with van der Waals surface area (Å²) in [4.78, 5) is 12.7. The van der Waals surface area contributed by atoms with Gasteiger partial charge in [-0.05, 0) is 48.1 Å². The summed E-state index contributed by atoms with van der Waals surface area (Å²) in [6.45, 7) is 0.859. The largest absolute Gasteiger partial charge is 0.492 e. The third-order valence-electron chi connectivity index (χ3n) is 3.91. The summed E-state index contributed by atoms with van der Waals surface area (Å²) in [5.41, 5.74) is 1.58. The lowest BCUT2D eigenvalue weighted by molar-refractivity contribution is 0.0972. The number of benzene rings is 2. The van der Waals surface area contributed by atoms with Crippen molar-refractivity contribution in [1.82, 2.24) is 10.6 Å². The van der Waals surface area contributed by atoms with Crippen LogP contribution < -0.4 is 15.4 Å². The van der Waals surface area contributed by atoms with Gasteiger partial charge in [-0.2, -0.15) is 0 Å². The van der Waals surface area contributed by atoms with Gasteiger partial charge in [0.2, 0.25) is 0 Å². The normalized spacial score (nSPS) is 10.3. The first-order chi connectivity index (χ1) is 13.6. The number of hydrogen-bond donors (Lipinski definition) is 2. The molecule has 0 bridgehead atoms. The van der Waals surface area contributed by atoms with E-state index in [-0.39, 0.29) is 11.0 Å². The summed E-state index contributed by atoms with van der Waals surface area (Å²) in [5, 5.41) is 5.83. The Morgan fingerprint density at radius 3 is 2.68 bits per heavy atom. The zero-order valence-corrected chi connectivity index (χ0v) is 17.4. The molecule has 0 aliphatic carbocycles. The molecule has 28 heavy (non-hydrogen) atoms. The fourth-order valence-corrected chi connectivity index (χ4v) is 3.05. The van der Waals surface area contributed by atoms with Gasteiger partial charge < -0.3 is 14.5 Å². The topological polar surface area (TPSA) is 63.5 Å². The van der Waals surface area contributed by atoms with Crippen LogP contribution in [0.1, 0.15) is 21.7 Å². The molecule has 1 amide bonds. The van der Waals surface area contributed by atoms with Gasteiger partial charge in [-0.1, -0.05) is 46.3 Å². The van der Waals surface area contributed by atoms with Crippen LogP contribution in [0.25, 0.3) is 0 Å². The highest BCUT2D eigenvalue weighted by Crippen LogP contribution is 2.23. The summed E-state index contributed by atoms with van der Waals surface area (Å²) in [7, 11) is 0. The zero-order chi connectivity index (χ0) is 19.8. The van der Waals surface area contributed by atoms with Crippen molar-refractivity contribution in [3.8, 4) is 5.75 Å². The van der Waals surface area contributed by atoms with Crippen LogP contribution in [0.4, 0.5) is 0 Å². The molecule has 3 aromatic rings. The first kappa shape index (κ1) is 20.1. The average Bonchev–Trinajstić information content (AvgIpc) is 3.22. The molecule has 0 fully saturated rings. The smallest absolute Gasteiger partial charge is 0.261 e. The molecule has 5 nitrogen and oxygen atoms in total. The predicted molar refractivity (Wildman–Crippen MR) is 115 cm³/mol. The van der Waals surface area contributed by atoms with Crippen molar-refractivity contribution < 1.29 is 13.9 Å². The van der Waals surface area contributed by atoms with Crippen molar-refractivity contribution in [1.29, 1.82) is 0 Å². The number of nitrogens with one attached hydrogen (secondary N) is 2. The molecule has 0 aliphatic heterocycles. The molecule has 3 rings (SSSR count). The quantitative estimate of drug-likeness (QED) is 0.511. The van der Waals surface area contributed by atoms with Gasteiger partial charge >= 0.3 is 0 Å². The maximum absolute atomic E-state index is 12.7. The van der Waals surface area contributed by atoms with Crippen LogP contribution in [0.2, 0.25) is 0 Å². The zero-order valence-electron chi connectivity index (χ0n) is 15.0. The number of carbonyl (C=O) groups is 1. The lowest BCUT2D eigenvalue weighted by Gasteiger charge is -2.13. The number of rotatable bonds is 7. The summed E-state index contributed by atoms with van der Waals surface area (Å²) in [6, 6.07) is 19.0. The van der Waals surface area contributed by atoms with E-state index in [1.807, 2.05) is 42.5 Å². The van der Waals surface area contributed by atoms with Gasteiger partial charge in [0.05, 0.1) is 25.0 Å². The minimum absolute atomic E-state index is 0.219. The van der Waals surface area contributed by atoms with Crippen LogP contribution in [-0.2, 0) is 13.0 Å². The number of hydrogen-bond acceptors (Lipinski definition) is 4. The molecule has 2 aromatic carbocycles. The molecular formula is C21H19BrN2O3S. The molecule has 7 heteroatoms. The van der Waals surface area contributed by atoms with Crippen molar-refractivity contribution >= 4 is 39.2 Å². The Kier molecular flexibility index (Phi) is 7.22. The molecule has 0 saturated heterocycles. The van der Waals surface area contributed by atoms with Crippen molar-refractivity contribution in [2.75, 3.05) is 6.61 Å². The minimum atomic E-state index is -0.340. The molecule has 1 heterocycles. The molecule has 0 atom stereocenters. The summed E-state index contributed by atoms with van der Waals surface area (Å²) in [5.74, 6) is 0.891.